The van der Waals surface area contributed by atoms with Crippen LogP contribution in [0, 0.1) is 11.8 Å². The highest BCUT2D eigenvalue weighted by Crippen LogP contribution is 2.20. The normalized spacial score (nSPS) is 10.0. The van der Waals surface area contributed by atoms with Crippen molar-refractivity contribution < 1.29 is 9.84 Å². The molecule has 6 heteroatoms. The van der Waals surface area contributed by atoms with E-state index >= 15 is 0 Å². The van der Waals surface area contributed by atoms with Crippen molar-refractivity contribution in [1.82, 2.24) is 9.36 Å². The molecule has 0 aliphatic heterocycles. The van der Waals surface area contributed by atoms with Crippen LogP contribution >= 0.6 is 23.3 Å². The van der Waals surface area contributed by atoms with Crippen molar-refractivity contribution in [2.24, 2.45) is 0 Å². The molecule has 0 amide bonds. The van der Waals surface area contributed by atoms with E-state index in [1.165, 1.54) is 11.5 Å². The van der Waals surface area contributed by atoms with Crippen LogP contribution in [-0.2, 0) is 6.42 Å². The number of nitrogens with zero attached hydrogens (tertiary/aromatic N) is 2. The van der Waals surface area contributed by atoms with E-state index in [0.717, 1.165) is 33.7 Å². The molecule has 0 saturated carbocycles. The topological polar surface area (TPSA) is 55.2 Å². The fraction of sp³-hybridized carbons (Fsp3) is 0.333. The molecule has 0 unspecified atom stereocenters. The third-order valence-electron chi connectivity index (χ3n) is 2.51. The lowest BCUT2D eigenvalue weighted by Crippen LogP contribution is -1.99. The van der Waals surface area contributed by atoms with E-state index in [0.29, 0.717) is 6.61 Å². The molecule has 1 heterocycles. The summed E-state index contributed by atoms with van der Waals surface area (Å²) in [7, 11) is 0. The number of aliphatic hydroxyl groups excluding tert-OH is 1. The summed E-state index contributed by atoms with van der Waals surface area (Å²) in [5.74, 6) is 8.02. The van der Waals surface area contributed by atoms with E-state index < -0.39 is 0 Å². The fourth-order valence-corrected chi connectivity index (χ4v) is 3.09. The number of aryl methyl sites for hydroxylation is 1. The van der Waals surface area contributed by atoms with Gasteiger partial charge in [0.2, 0.25) is 0 Å². The van der Waals surface area contributed by atoms with Gasteiger partial charge in [-0.05, 0) is 35.8 Å². The molecule has 0 radical (unpaired) electrons. The first-order chi connectivity index (χ1) is 10.3. The van der Waals surface area contributed by atoms with Crippen LogP contribution in [0.5, 0.6) is 5.75 Å². The predicted molar refractivity (Wildman–Crippen MR) is 85.9 cm³/mol. The van der Waals surface area contributed by atoms with Gasteiger partial charge >= 0.3 is 0 Å². The molecule has 0 bridgehead atoms. The number of thioether (sulfide) groups is 1. The summed E-state index contributed by atoms with van der Waals surface area (Å²) in [4.78, 5) is 4.39. The lowest BCUT2D eigenvalue weighted by Gasteiger charge is -2.04. The standard InChI is InChI=1S/C15H16N2O2S2/c1-2-14-16-15(21-17-14)20-11-10-19-13-7-5-12(6-8-13)4-3-9-18/h5-8,18H,2,9-11H2,1H3. The smallest absolute Gasteiger partial charge is 0.170 e. The van der Waals surface area contributed by atoms with E-state index in [1.54, 1.807) is 11.8 Å². The quantitative estimate of drug-likeness (QED) is 0.504. The van der Waals surface area contributed by atoms with Crippen LogP contribution in [-0.4, -0.2) is 33.4 Å². The summed E-state index contributed by atoms with van der Waals surface area (Å²) in [6, 6.07) is 7.52. The Morgan fingerprint density at radius 2 is 2.14 bits per heavy atom. The molecule has 1 aromatic carbocycles. The van der Waals surface area contributed by atoms with Crippen molar-refractivity contribution in [2.75, 3.05) is 19.0 Å². The highest BCUT2D eigenvalue weighted by Gasteiger charge is 2.02. The fourth-order valence-electron chi connectivity index (χ4n) is 1.50. The molecule has 4 nitrogen and oxygen atoms in total. The third kappa shape index (κ3) is 5.38. The molecular formula is C15H16N2O2S2. The number of aliphatic hydroxyl groups is 1. The number of hydrogen-bond donors (Lipinski definition) is 1. The first-order valence-electron chi connectivity index (χ1n) is 6.59. The van der Waals surface area contributed by atoms with Gasteiger partial charge in [-0.15, -0.1) is 0 Å². The first kappa shape index (κ1) is 15.8. The van der Waals surface area contributed by atoms with Crippen molar-refractivity contribution in [1.29, 1.82) is 0 Å². The van der Waals surface area contributed by atoms with Gasteiger partial charge in [0, 0.05) is 17.7 Å². The maximum absolute atomic E-state index is 8.63. The maximum atomic E-state index is 8.63. The Labute approximate surface area is 132 Å². The highest BCUT2D eigenvalue weighted by molar-refractivity contribution is 8.00. The first-order valence-corrected chi connectivity index (χ1v) is 8.35. The molecule has 2 rings (SSSR count). The second-order valence-corrected chi connectivity index (χ2v) is 6.11. The van der Waals surface area contributed by atoms with Crippen molar-refractivity contribution in [2.45, 2.75) is 17.7 Å². The maximum Gasteiger partial charge on any atom is 0.170 e. The lowest BCUT2D eigenvalue weighted by atomic mass is 10.2. The van der Waals surface area contributed by atoms with Gasteiger partial charge in [-0.3, -0.25) is 0 Å². The minimum absolute atomic E-state index is 0.124. The molecule has 0 atom stereocenters. The van der Waals surface area contributed by atoms with E-state index in [1.807, 2.05) is 31.2 Å². The molecule has 1 N–H and O–H groups in total. The van der Waals surface area contributed by atoms with Crippen molar-refractivity contribution >= 4 is 23.3 Å². The predicted octanol–water partition coefficient (Wildman–Crippen LogP) is 2.62. The number of aromatic nitrogens is 2. The summed E-state index contributed by atoms with van der Waals surface area (Å²) in [5.41, 5.74) is 0.867. The van der Waals surface area contributed by atoms with Gasteiger partial charge in [0.25, 0.3) is 0 Å². The minimum Gasteiger partial charge on any atom is -0.493 e. The summed E-state index contributed by atoms with van der Waals surface area (Å²) in [5, 5.41) is 8.63. The van der Waals surface area contributed by atoms with Gasteiger partial charge < -0.3 is 9.84 Å². The van der Waals surface area contributed by atoms with Crippen molar-refractivity contribution in [3.63, 3.8) is 0 Å². The Hall–Kier alpha value is -1.55. The van der Waals surface area contributed by atoms with Gasteiger partial charge in [-0.1, -0.05) is 30.5 Å². The van der Waals surface area contributed by atoms with Crippen LogP contribution in [0.15, 0.2) is 28.6 Å². The Morgan fingerprint density at radius 1 is 1.33 bits per heavy atom. The van der Waals surface area contributed by atoms with Crippen molar-refractivity contribution in [3.05, 3.63) is 35.7 Å². The van der Waals surface area contributed by atoms with Crippen LogP contribution in [0.25, 0.3) is 0 Å². The second-order valence-electron chi connectivity index (χ2n) is 4.01. The Bertz CT molecular complexity index is 615. The lowest BCUT2D eigenvalue weighted by molar-refractivity contribution is 0.344. The largest absolute Gasteiger partial charge is 0.493 e. The number of rotatable bonds is 6. The Kier molecular flexibility index (Phi) is 6.54. The average molecular weight is 320 g/mol. The molecule has 110 valence electrons. The minimum atomic E-state index is -0.124. The zero-order valence-corrected chi connectivity index (χ0v) is 13.3. The van der Waals surface area contributed by atoms with Crippen molar-refractivity contribution in [3.8, 4) is 17.6 Å². The summed E-state index contributed by atoms with van der Waals surface area (Å²) in [6.07, 6.45) is 0.874. The molecule has 0 saturated heterocycles. The van der Waals surface area contributed by atoms with Gasteiger partial charge in [-0.2, -0.15) is 4.37 Å². The SMILES string of the molecule is CCc1nsc(SCCOc2ccc(C#CCO)cc2)n1. The molecule has 2 aromatic rings. The summed E-state index contributed by atoms with van der Waals surface area (Å²) in [6.45, 7) is 2.54. The summed E-state index contributed by atoms with van der Waals surface area (Å²) >= 11 is 3.10. The number of ether oxygens (including phenoxy) is 1. The van der Waals surface area contributed by atoms with Gasteiger partial charge in [0.15, 0.2) is 4.34 Å². The van der Waals surface area contributed by atoms with Crippen LogP contribution in [0.1, 0.15) is 18.3 Å². The monoisotopic (exact) mass is 320 g/mol. The Morgan fingerprint density at radius 3 is 2.81 bits per heavy atom. The summed E-state index contributed by atoms with van der Waals surface area (Å²) < 4.78 is 10.9. The van der Waals surface area contributed by atoms with Gasteiger partial charge in [0.05, 0.1) is 6.61 Å². The molecular weight excluding hydrogens is 304 g/mol. The molecule has 1 aromatic heterocycles. The number of benzene rings is 1. The highest BCUT2D eigenvalue weighted by atomic mass is 32.2. The van der Waals surface area contributed by atoms with E-state index in [2.05, 4.69) is 21.2 Å². The second kappa shape index (κ2) is 8.67. The van der Waals surface area contributed by atoms with E-state index in [-0.39, 0.29) is 6.61 Å². The zero-order chi connectivity index (χ0) is 14.9. The Balaban J connectivity index is 1.73. The van der Waals surface area contributed by atoms with Crippen LogP contribution in [0.3, 0.4) is 0 Å². The molecule has 0 fully saturated rings. The third-order valence-corrected chi connectivity index (χ3v) is 4.35. The van der Waals surface area contributed by atoms with Gasteiger partial charge in [-0.25, -0.2) is 4.98 Å². The van der Waals surface area contributed by atoms with Gasteiger partial charge in [0.1, 0.15) is 18.2 Å². The molecule has 21 heavy (non-hydrogen) atoms. The zero-order valence-electron chi connectivity index (χ0n) is 11.7. The average Bonchev–Trinajstić information content (AvgIpc) is 2.99. The van der Waals surface area contributed by atoms with Crippen LogP contribution < -0.4 is 4.74 Å². The molecule has 0 aliphatic rings. The van der Waals surface area contributed by atoms with E-state index in [9.17, 15) is 0 Å². The molecule has 0 spiro atoms. The molecule has 0 aliphatic carbocycles. The van der Waals surface area contributed by atoms with Crippen LogP contribution in [0.4, 0.5) is 0 Å². The van der Waals surface area contributed by atoms with Crippen LogP contribution in [0.2, 0.25) is 0 Å². The number of hydrogen-bond acceptors (Lipinski definition) is 6. The van der Waals surface area contributed by atoms with E-state index in [4.69, 9.17) is 9.84 Å².